The van der Waals surface area contributed by atoms with Crippen molar-refractivity contribution in [3.05, 3.63) is 53.4 Å². The zero-order chi connectivity index (χ0) is 13.4. The quantitative estimate of drug-likeness (QED) is 0.732. The molecular weight excluding hydrogens is 236 g/mol. The van der Waals surface area contributed by atoms with Gasteiger partial charge in [0, 0.05) is 36.8 Å². The van der Waals surface area contributed by atoms with E-state index in [0.717, 1.165) is 40.6 Å². The summed E-state index contributed by atoms with van der Waals surface area (Å²) >= 11 is 0. The van der Waals surface area contributed by atoms with E-state index in [1.54, 1.807) is 0 Å². The Morgan fingerprint density at radius 2 is 2.00 bits per heavy atom. The molecule has 0 amide bonds. The fraction of sp³-hybridized carbons (Fsp3) is 0.250. The predicted octanol–water partition coefficient (Wildman–Crippen LogP) is 2.81. The Balaban J connectivity index is 2.13. The molecule has 0 unspecified atom stereocenters. The van der Waals surface area contributed by atoms with Crippen LogP contribution in [0.3, 0.4) is 0 Å². The molecule has 96 valence electrons. The van der Waals surface area contributed by atoms with Gasteiger partial charge in [0.1, 0.15) is 0 Å². The number of pyridine rings is 1. The Bertz CT molecular complexity index is 686. The number of hydrogen-bond acceptors (Lipinski definition) is 3. The van der Waals surface area contributed by atoms with Gasteiger partial charge >= 0.3 is 0 Å². The number of rotatable bonds is 1. The number of carbonyl (C=O) groups excluding carboxylic acids is 1. The minimum atomic E-state index is 0.119. The normalized spacial score (nSPS) is 16.7. The van der Waals surface area contributed by atoms with Gasteiger partial charge in [-0.3, -0.25) is 9.78 Å². The maximum Gasteiger partial charge on any atom is 0.192 e. The molecule has 0 saturated heterocycles. The van der Waals surface area contributed by atoms with E-state index in [2.05, 4.69) is 4.98 Å². The second-order valence-corrected chi connectivity index (χ2v) is 5.12. The molecule has 0 bridgehead atoms. The van der Waals surface area contributed by atoms with Crippen molar-refractivity contribution in [1.29, 1.82) is 0 Å². The first-order valence-corrected chi connectivity index (χ1v) is 6.45. The van der Waals surface area contributed by atoms with E-state index in [1.807, 2.05) is 55.5 Å². The second kappa shape index (κ2) is 4.50. The van der Waals surface area contributed by atoms with Gasteiger partial charge in [0.25, 0.3) is 0 Å². The molecule has 19 heavy (non-hydrogen) atoms. The number of hydrogen-bond donors (Lipinski definition) is 0. The van der Waals surface area contributed by atoms with E-state index in [-0.39, 0.29) is 5.78 Å². The van der Waals surface area contributed by atoms with Crippen molar-refractivity contribution in [3.8, 4) is 0 Å². The fourth-order valence-corrected chi connectivity index (χ4v) is 2.52. The standard InChI is InChI=1S/C16H16N2O/c1-18(2)10-12-7-8-15-13(16(12)19)9-11-5-3-4-6-14(11)17-15/h3-6,9-10H,7-8H2,1-2H3/b12-10-. The highest BCUT2D eigenvalue weighted by Crippen LogP contribution is 2.27. The third kappa shape index (κ3) is 2.12. The van der Waals surface area contributed by atoms with Crippen LogP contribution >= 0.6 is 0 Å². The van der Waals surface area contributed by atoms with Crippen LogP contribution in [0, 0.1) is 0 Å². The summed E-state index contributed by atoms with van der Waals surface area (Å²) < 4.78 is 0. The molecule has 3 heteroatoms. The fourth-order valence-electron chi connectivity index (χ4n) is 2.52. The Morgan fingerprint density at radius 3 is 2.79 bits per heavy atom. The van der Waals surface area contributed by atoms with E-state index >= 15 is 0 Å². The molecule has 3 rings (SSSR count). The monoisotopic (exact) mass is 252 g/mol. The number of fused-ring (bicyclic) bond motifs is 2. The van der Waals surface area contributed by atoms with E-state index < -0.39 is 0 Å². The number of aromatic nitrogens is 1. The Kier molecular flexibility index (Phi) is 2.82. The number of nitrogens with zero attached hydrogens (tertiary/aromatic N) is 2. The van der Waals surface area contributed by atoms with Gasteiger partial charge in [0.15, 0.2) is 5.78 Å². The van der Waals surface area contributed by atoms with Crippen LogP contribution in [0.2, 0.25) is 0 Å². The van der Waals surface area contributed by atoms with Crippen LogP contribution in [0.15, 0.2) is 42.1 Å². The molecule has 0 spiro atoms. The third-order valence-electron chi connectivity index (χ3n) is 3.38. The summed E-state index contributed by atoms with van der Waals surface area (Å²) in [6, 6.07) is 9.91. The van der Waals surface area contributed by atoms with Crippen molar-refractivity contribution in [2.45, 2.75) is 12.8 Å². The van der Waals surface area contributed by atoms with Crippen molar-refractivity contribution in [1.82, 2.24) is 9.88 Å². The highest BCUT2D eigenvalue weighted by atomic mass is 16.1. The molecule has 1 heterocycles. The number of para-hydroxylation sites is 1. The van der Waals surface area contributed by atoms with Crippen molar-refractivity contribution in [2.75, 3.05) is 14.1 Å². The van der Waals surface area contributed by atoms with Crippen LogP contribution in [0.1, 0.15) is 22.5 Å². The number of aryl methyl sites for hydroxylation is 1. The van der Waals surface area contributed by atoms with Gasteiger partial charge in [-0.1, -0.05) is 18.2 Å². The molecule has 0 radical (unpaired) electrons. The lowest BCUT2D eigenvalue weighted by molar-refractivity contribution is 0.102. The SMILES string of the molecule is CN(C)/C=C1/CCc2nc3ccccc3cc2C1=O. The Hall–Kier alpha value is -2.16. The van der Waals surface area contributed by atoms with E-state index in [4.69, 9.17) is 0 Å². The summed E-state index contributed by atoms with van der Waals surface area (Å²) in [4.78, 5) is 19.0. The third-order valence-corrected chi connectivity index (χ3v) is 3.38. The first kappa shape index (κ1) is 11.9. The van der Waals surface area contributed by atoms with Gasteiger partial charge in [0.2, 0.25) is 0 Å². The van der Waals surface area contributed by atoms with Crippen molar-refractivity contribution in [3.63, 3.8) is 0 Å². The summed E-state index contributed by atoms with van der Waals surface area (Å²) in [6.07, 6.45) is 3.53. The zero-order valence-electron chi connectivity index (χ0n) is 11.2. The molecule has 3 nitrogen and oxygen atoms in total. The lowest BCUT2D eigenvalue weighted by atomic mass is 9.89. The molecular formula is C16H16N2O. The molecule has 0 aliphatic heterocycles. The van der Waals surface area contributed by atoms with Gasteiger partial charge in [-0.25, -0.2) is 0 Å². The molecule has 1 aliphatic rings. The smallest absolute Gasteiger partial charge is 0.192 e. The topological polar surface area (TPSA) is 33.2 Å². The van der Waals surface area contributed by atoms with Crippen LogP contribution in [0.25, 0.3) is 10.9 Å². The van der Waals surface area contributed by atoms with Gasteiger partial charge in [-0.15, -0.1) is 0 Å². The van der Waals surface area contributed by atoms with Gasteiger partial charge < -0.3 is 4.90 Å². The summed E-state index contributed by atoms with van der Waals surface area (Å²) in [6.45, 7) is 0. The van der Waals surface area contributed by atoms with Crippen LogP contribution in [-0.2, 0) is 6.42 Å². The Morgan fingerprint density at radius 1 is 1.21 bits per heavy atom. The van der Waals surface area contributed by atoms with E-state index in [9.17, 15) is 4.79 Å². The first-order chi connectivity index (χ1) is 9.15. The summed E-state index contributed by atoms with van der Waals surface area (Å²) in [7, 11) is 3.88. The molecule has 1 aromatic carbocycles. The maximum atomic E-state index is 12.5. The molecule has 1 aliphatic carbocycles. The number of ketones is 1. The van der Waals surface area contributed by atoms with Gasteiger partial charge in [-0.05, 0) is 25.0 Å². The predicted molar refractivity (Wildman–Crippen MR) is 76.2 cm³/mol. The average Bonchev–Trinajstić information content (AvgIpc) is 2.40. The molecule has 0 fully saturated rings. The number of benzene rings is 1. The van der Waals surface area contributed by atoms with E-state index in [1.165, 1.54) is 0 Å². The molecule has 0 saturated carbocycles. The molecule has 1 aromatic heterocycles. The Labute approximate surface area is 112 Å². The van der Waals surface area contributed by atoms with Crippen LogP contribution < -0.4 is 0 Å². The van der Waals surface area contributed by atoms with E-state index in [0.29, 0.717) is 0 Å². The molecule has 0 N–H and O–H groups in total. The maximum absolute atomic E-state index is 12.5. The van der Waals surface area contributed by atoms with Crippen molar-refractivity contribution >= 4 is 16.7 Å². The largest absolute Gasteiger partial charge is 0.383 e. The van der Waals surface area contributed by atoms with Crippen LogP contribution in [0.5, 0.6) is 0 Å². The minimum absolute atomic E-state index is 0.119. The average molecular weight is 252 g/mol. The lowest BCUT2D eigenvalue weighted by Gasteiger charge is -2.19. The number of Topliss-reactive ketones (excluding diaryl/α,β-unsaturated/α-hetero) is 1. The van der Waals surface area contributed by atoms with Crippen molar-refractivity contribution in [2.24, 2.45) is 0 Å². The molecule has 0 atom stereocenters. The lowest BCUT2D eigenvalue weighted by Crippen LogP contribution is -2.18. The van der Waals surface area contributed by atoms with Crippen molar-refractivity contribution < 1.29 is 4.79 Å². The summed E-state index contributed by atoms with van der Waals surface area (Å²) in [5.74, 6) is 0.119. The zero-order valence-corrected chi connectivity index (χ0v) is 11.2. The number of carbonyl (C=O) groups is 1. The summed E-state index contributed by atoms with van der Waals surface area (Å²) in [5.41, 5.74) is 3.53. The van der Waals surface area contributed by atoms with Gasteiger partial charge in [0.05, 0.1) is 11.2 Å². The van der Waals surface area contributed by atoms with Gasteiger partial charge in [-0.2, -0.15) is 0 Å². The highest BCUT2D eigenvalue weighted by Gasteiger charge is 2.23. The van der Waals surface area contributed by atoms with Crippen LogP contribution in [0.4, 0.5) is 0 Å². The highest BCUT2D eigenvalue weighted by molar-refractivity contribution is 6.11. The van der Waals surface area contributed by atoms with Crippen LogP contribution in [-0.4, -0.2) is 29.8 Å². The second-order valence-electron chi connectivity index (χ2n) is 5.12. The molecule has 2 aromatic rings. The number of allylic oxidation sites excluding steroid dienone is 1. The summed E-state index contributed by atoms with van der Waals surface area (Å²) in [5, 5.41) is 1.03. The first-order valence-electron chi connectivity index (χ1n) is 6.45. The minimum Gasteiger partial charge on any atom is -0.383 e.